The van der Waals surface area contributed by atoms with Gasteiger partial charge in [-0.2, -0.15) is 0 Å². The van der Waals surface area contributed by atoms with Crippen LogP contribution in [0.5, 0.6) is 0 Å². The van der Waals surface area contributed by atoms with Gasteiger partial charge >= 0.3 is 0 Å². The molecule has 0 aromatic heterocycles. The Kier molecular flexibility index (Phi) is 2.33. The lowest BCUT2D eigenvalue weighted by atomic mass is 10.3. The number of hydrogen-bond donors (Lipinski definition) is 0. The summed E-state index contributed by atoms with van der Waals surface area (Å²) in [5.74, 6) is 0. The van der Waals surface area contributed by atoms with Crippen molar-refractivity contribution in [3.63, 3.8) is 0 Å². The van der Waals surface area contributed by atoms with Crippen molar-refractivity contribution in [2.45, 2.75) is 4.90 Å². The molecule has 0 heterocycles. The van der Waals surface area contributed by atoms with E-state index in [4.69, 9.17) is 0 Å². The minimum Gasteiger partial charge on any atom is -0.258 e. The molecule has 0 aliphatic heterocycles. The summed E-state index contributed by atoms with van der Waals surface area (Å²) < 4.78 is 21.9. The van der Waals surface area contributed by atoms with Crippen molar-refractivity contribution in [1.82, 2.24) is 0 Å². The van der Waals surface area contributed by atoms with Gasteiger partial charge in [-0.1, -0.05) is 0 Å². The molecule has 0 saturated heterocycles. The number of non-ortho nitro benzene ring substituents is 1. The van der Waals surface area contributed by atoms with Crippen LogP contribution in [0.25, 0.3) is 0 Å². The van der Waals surface area contributed by atoms with E-state index >= 15 is 0 Å². The Morgan fingerprint density at radius 2 is 2.15 bits per heavy atom. The Labute approximate surface area is 75.1 Å². The van der Waals surface area contributed by atoms with Crippen LogP contribution in [0.4, 0.5) is 5.69 Å². The molecule has 1 rings (SSSR count). The Hall–Kier alpha value is -1.43. The molecule has 0 aliphatic carbocycles. The number of nitro benzene ring substituents is 1. The number of benzene rings is 1. The van der Waals surface area contributed by atoms with E-state index in [1.54, 1.807) is 0 Å². The van der Waals surface area contributed by atoms with Gasteiger partial charge in [0.15, 0.2) is 9.84 Å². The minimum absolute atomic E-state index is 0.0713. The molecule has 1 aromatic carbocycles. The van der Waals surface area contributed by atoms with Crippen molar-refractivity contribution in [3.05, 3.63) is 34.4 Å². The molecule has 0 atom stereocenters. The maximum atomic E-state index is 11.0. The van der Waals surface area contributed by atoms with Crippen LogP contribution in [-0.2, 0) is 9.84 Å². The minimum atomic E-state index is -3.38. The highest BCUT2D eigenvalue weighted by Crippen LogP contribution is 2.15. The standard InChI is InChI=1S/C7H6NO4S/c1-13(11,12)7-4-2-3-6(5-7)8(9)10/h2,4-5H,1H3. The van der Waals surface area contributed by atoms with E-state index in [0.717, 1.165) is 12.3 Å². The average molecular weight is 200 g/mol. The molecular weight excluding hydrogens is 194 g/mol. The summed E-state index contributed by atoms with van der Waals surface area (Å²) in [6, 6.07) is 5.78. The zero-order valence-corrected chi connectivity index (χ0v) is 7.54. The molecule has 6 heteroatoms. The lowest BCUT2D eigenvalue weighted by Gasteiger charge is -1.96. The highest BCUT2D eigenvalue weighted by Gasteiger charge is 2.12. The highest BCUT2D eigenvalue weighted by molar-refractivity contribution is 7.90. The molecule has 0 spiro atoms. The van der Waals surface area contributed by atoms with Crippen molar-refractivity contribution in [2.75, 3.05) is 6.26 Å². The maximum Gasteiger partial charge on any atom is 0.278 e. The molecular formula is C7H6NO4S. The summed E-state index contributed by atoms with van der Waals surface area (Å²) in [7, 11) is -3.38. The summed E-state index contributed by atoms with van der Waals surface area (Å²) in [6.07, 6.45) is 0.992. The van der Waals surface area contributed by atoms with Crippen LogP contribution in [-0.4, -0.2) is 19.6 Å². The van der Waals surface area contributed by atoms with Crippen molar-refractivity contribution >= 4 is 15.5 Å². The molecule has 0 amide bonds. The summed E-state index contributed by atoms with van der Waals surface area (Å²) in [6.45, 7) is 0. The second-order valence-corrected chi connectivity index (χ2v) is 4.45. The Morgan fingerprint density at radius 1 is 1.54 bits per heavy atom. The third kappa shape index (κ3) is 2.25. The van der Waals surface area contributed by atoms with Crippen molar-refractivity contribution in [3.8, 4) is 0 Å². The molecule has 69 valence electrons. The fourth-order valence-electron chi connectivity index (χ4n) is 0.770. The number of rotatable bonds is 2. The largest absolute Gasteiger partial charge is 0.278 e. The van der Waals surface area contributed by atoms with Gasteiger partial charge < -0.3 is 0 Å². The molecule has 1 radical (unpaired) electrons. The first-order chi connectivity index (χ1) is 5.91. The third-order valence-corrected chi connectivity index (χ3v) is 2.49. The van der Waals surface area contributed by atoms with E-state index in [1.807, 2.05) is 0 Å². The lowest BCUT2D eigenvalue weighted by molar-refractivity contribution is -0.385. The van der Waals surface area contributed by atoms with E-state index in [9.17, 15) is 18.5 Å². The summed E-state index contributed by atoms with van der Waals surface area (Å²) in [4.78, 5) is 9.50. The van der Waals surface area contributed by atoms with Crippen molar-refractivity contribution in [1.29, 1.82) is 0 Å². The van der Waals surface area contributed by atoms with E-state index in [0.29, 0.717) is 0 Å². The van der Waals surface area contributed by atoms with Gasteiger partial charge in [-0.3, -0.25) is 10.1 Å². The van der Waals surface area contributed by atoms with Crippen LogP contribution < -0.4 is 0 Å². The van der Waals surface area contributed by atoms with Crippen molar-refractivity contribution in [2.24, 2.45) is 0 Å². The van der Waals surface area contributed by atoms with Gasteiger partial charge in [0.25, 0.3) is 5.69 Å². The van der Waals surface area contributed by atoms with Gasteiger partial charge in [0.05, 0.1) is 15.9 Å². The molecule has 5 nitrogen and oxygen atoms in total. The van der Waals surface area contributed by atoms with E-state index in [2.05, 4.69) is 6.07 Å². The first kappa shape index (κ1) is 9.66. The number of sulfone groups is 1. The second-order valence-electron chi connectivity index (χ2n) is 2.44. The fourth-order valence-corrected chi connectivity index (χ4v) is 1.41. The van der Waals surface area contributed by atoms with Gasteiger partial charge in [0.1, 0.15) is 0 Å². The predicted molar refractivity (Wildman–Crippen MR) is 45.0 cm³/mol. The monoisotopic (exact) mass is 200 g/mol. The van der Waals surface area contributed by atoms with Crippen LogP contribution in [0.2, 0.25) is 0 Å². The zero-order chi connectivity index (χ0) is 10.1. The van der Waals surface area contributed by atoms with E-state index in [-0.39, 0.29) is 10.6 Å². The Balaban J connectivity index is 3.29. The first-order valence-electron chi connectivity index (χ1n) is 3.27. The van der Waals surface area contributed by atoms with Crippen LogP contribution in [0.3, 0.4) is 0 Å². The maximum absolute atomic E-state index is 11.0. The molecule has 0 fully saturated rings. The van der Waals surface area contributed by atoms with Crippen LogP contribution in [0, 0.1) is 16.2 Å². The predicted octanol–water partition coefficient (Wildman–Crippen LogP) is 0.798. The molecule has 13 heavy (non-hydrogen) atoms. The molecule has 0 unspecified atom stereocenters. The summed E-state index contributed by atoms with van der Waals surface area (Å²) in [5, 5.41) is 10.3. The van der Waals surface area contributed by atoms with Gasteiger partial charge in [-0.15, -0.1) is 0 Å². The van der Waals surface area contributed by atoms with Gasteiger partial charge in [-0.05, 0) is 12.1 Å². The topological polar surface area (TPSA) is 77.3 Å². The fraction of sp³-hybridized carbons (Fsp3) is 0.143. The van der Waals surface area contributed by atoms with E-state index < -0.39 is 14.8 Å². The zero-order valence-electron chi connectivity index (χ0n) is 6.72. The third-order valence-electron chi connectivity index (χ3n) is 1.38. The number of nitro groups is 1. The summed E-state index contributed by atoms with van der Waals surface area (Å²) in [5.41, 5.74) is -0.345. The smallest absolute Gasteiger partial charge is 0.258 e. The van der Waals surface area contributed by atoms with Gasteiger partial charge in [-0.25, -0.2) is 8.42 Å². The molecule has 0 bridgehead atoms. The normalized spacial score (nSPS) is 11.2. The Bertz CT molecular complexity index is 438. The second kappa shape index (κ2) is 3.14. The van der Waals surface area contributed by atoms with Crippen LogP contribution >= 0.6 is 0 Å². The molecule has 1 aromatic rings. The number of hydrogen-bond acceptors (Lipinski definition) is 4. The molecule has 0 N–H and O–H groups in total. The van der Waals surface area contributed by atoms with Crippen LogP contribution in [0.15, 0.2) is 23.1 Å². The highest BCUT2D eigenvalue weighted by atomic mass is 32.2. The molecule has 0 aliphatic rings. The lowest BCUT2D eigenvalue weighted by Crippen LogP contribution is -1.98. The number of nitrogens with zero attached hydrogens (tertiary/aromatic N) is 1. The van der Waals surface area contributed by atoms with Gasteiger partial charge in [0, 0.05) is 12.3 Å². The quantitative estimate of drug-likeness (QED) is 0.522. The van der Waals surface area contributed by atoms with Gasteiger partial charge in [0.2, 0.25) is 0 Å². The van der Waals surface area contributed by atoms with E-state index in [1.165, 1.54) is 12.1 Å². The Morgan fingerprint density at radius 3 is 2.62 bits per heavy atom. The first-order valence-corrected chi connectivity index (χ1v) is 5.16. The molecule has 0 saturated carbocycles. The summed E-state index contributed by atoms with van der Waals surface area (Å²) >= 11 is 0. The van der Waals surface area contributed by atoms with Crippen molar-refractivity contribution < 1.29 is 13.3 Å². The average Bonchev–Trinajstić information content (AvgIpc) is 2.03. The van der Waals surface area contributed by atoms with Crippen LogP contribution in [0.1, 0.15) is 0 Å². The SMILES string of the molecule is CS(=O)(=O)c1cc[c]c([N+](=O)[O-])c1.